The number of carbonyl (C=O) groups is 1. The lowest BCUT2D eigenvalue weighted by Gasteiger charge is -2.22. The number of nitrogens with one attached hydrogen (secondary N) is 1. The third-order valence-electron chi connectivity index (χ3n) is 3.50. The van der Waals surface area contributed by atoms with E-state index in [0.717, 1.165) is 22.2 Å². The number of esters is 1. The van der Waals surface area contributed by atoms with Crippen molar-refractivity contribution in [3.63, 3.8) is 0 Å². The molecule has 1 unspecified atom stereocenters. The summed E-state index contributed by atoms with van der Waals surface area (Å²) in [6.45, 7) is 5.87. The Morgan fingerprint density at radius 1 is 1.33 bits per heavy atom. The molecule has 112 valence electrons. The van der Waals surface area contributed by atoms with Crippen LogP contribution in [-0.2, 0) is 9.53 Å². The van der Waals surface area contributed by atoms with Gasteiger partial charge in [0.05, 0.1) is 7.11 Å². The van der Waals surface area contributed by atoms with Crippen LogP contribution in [0, 0.1) is 12.8 Å². The summed E-state index contributed by atoms with van der Waals surface area (Å²) in [7, 11) is 1.40. The number of hydrogen-bond donors (Lipinski definition) is 2. The highest BCUT2D eigenvalue weighted by atomic mass is 16.5. The van der Waals surface area contributed by atoms with Crippen LogP contribution in [0.2, 0.25) is 0 Å². The predicted octanol–water partition coefficient (Wildman–Crippen LogP) is 2.73. The number of fused-ring (bicyclic) bond motifs is 1. The van der Waals surface area contributed by atoms with Gasteiger partial charge in [0.2, 0.25) is 0 Å². The van der Waals surface area contributed by atoms with E-state index < -0.39 is 6.04 Å². The molecule has 0 saturated heterocycles. The fourth-order valence-corrected chi connectivity index (χ4v) is 2.28. The summed E-state index contributed by atoms with van der Waals surface area (Å²) in [5, 5.41) is 5.10. The highest BCUT2D eigenvalue weighted by Gasteiger charge is 2.23. The van der Waals surface area contributed by atoms with E-state index in [4.69, 9.17) is 10.5 Å². The number of aromatic nitrogens is 1. The Bertz CT molecular complexity index is 668. The number of rotatable bonds is 4. The van der Waals surface area contributed by atoms with Gasteiger partial charge in [-0.1, -0.05) is 13.8 Å². The second kappa shape index (κ2) is 5.99. The lowest BCUT2D eigenvalue weighted by Crippen LogP contribution is -2.35. The van der Waals surface area contributed by atoms with E-state index in [-0.39, 0.29) is 11.9 Å². The summed E-state index contributed by atoms with van der Waals surface area (Å²) < 4.78 is 4.87. The molecule has 0 bridgehead atoms. The van der Waals surface area contributed by atoms with Gasteiger partial charge in [0, 0.05) is 34.0 Å². The van der Waals surface area contributed by atoms with Crippen LogP contribution in [0.3, 0.4) is 0 Å². The van der Waals surface area contributed by atoms with Crippen molar-refractivity contribution in [1.82, 2.24) is 4.98 Å². The van der Waals surface area contributed by atoms with Gasteiger partial charge in [-0.15, -0.1) is 0 Å². The molecule has 0 aliphatic rings. The summed E-state index contributed by atoms with van der Waals surface area (Å²) in [6.07, 6.45) is 1.76. The highest BCUT2D eigenvalue weighted by Crippen LogP contribution is 2.29. The zero-order valence-corrected chi connectivity index (χ0v) is 12.8. The predicted molar refractivity (Wildman–Crippen MR) is 85.2 cm³/mol. The average molecular weight is 287 g/mol. The first-order valence-corrected chi connectivity index (χ1v) is 6.93. The van der Waals surface area contributed by atoms with Gasteiger partial charge in [-0.05, 0) is 31.0 Å². The normalized spacial score (nSPS) is 12.4. The molecular formula is C16H21N3O2. The van der Waals surface area contributed by atoms with Crippen LogP contribution < -0.4 is 11.1 Å². The van der Waals surface area contributed by atoms with Gasteiger partial charge in [0.15, 0.2) is 0 Å². The number of aryl methyl sites for hydroxylation is 1. The molecule has 1 aromatic carbocycles. The molecule has 1 atom stereocenters. The van der Waals surface area contributed by atoms with Crippen molar-refractivity contribution in [1.29, 1.82) is 0 Å². The first-order chi connectivity index (χ1) is 9.93. The lowest BCUT2D eigenvalue weighted by molar-refractivity contribution is -0.142. The fourth-order valence-electron chi connectivity index (χ4n) is 2.28. The van der Waals surface area contributed by atoms with Crippen molar-refractivity contribution >= 4 is 28.1 Å². The van der Waals surface area contributed by atoms with E-state index in [2.05, 4.69) is 10.3 Å². The summed E-state index contributed by atoms with van der Waals surface area (Å²) in [5.41, 5.74) is 8.41. The van der Waals surface area contributed by atoms with Crippen molar-refractivity contribution in [3.05, 3.63) is 30.1 Å². The molecule has 5 nitrogen and oxygen atoms in total. The van der Waals surface area contributed by atoms with E-state index in [9.17, 15) is 4.79 Å². The number of nitrogens with two attached hydrogens (primary N) is 1. The highest BCUT2D eigenvalue weighted by molar-refractivity contribution is 6.01. The van der Waals surface area contributed by atoms with E-state index in [1.807, 2.05) is 39.0 Å². The number of ether oxygens (including phenoxy) is 1. The van der Waals surface area contributed by atoms with Gasteiger partial charge in [-0.3, -0.25) is 4.98 Å². The number of benzene rings is 1. The van der Waals surface area contributed by atoms with Gasteiger partial charge < -0.3 is 15.8 Å². The summed E-state index contributed by atoms with van der Waals surface area (Å²) in [6, 6.07) is 5.25. The van der Waals surface area contributed by atoms with Crippen molar-refractivity contribution < 1.29 is 9.53 Å². The molecule has 0 fully saturated rings. The number of pyridine rings is 1. The first kappa shape index (κ1) is 15.1. The first-order valence-electron chi connectivity index (χ1n) is 6.93. The molecule has 2 aromatic rings. The number of nitrogen functional groups attached to an aromatic ring is 1. The maximum atomic E-state index is 11.9. The lowest BCUT2D eigenvalue weighted by atomic mass is 10.0. The second-order valence-corrected chi connectivity index (χ2v) is 5.46. The van der Waals surface area contributed by atoms with Crippen molar-refractivity contribution in [2.24, 2.45) is 5.92 Å². The van der Waals surface area contributed by atoms with Crippen molar-refractivity contribution in [2.75, 3.05) is 18.2 Å². The van der Waals surface area contributed by atoms with Crippen LogP contribution in [0.5, 0.6) is 0 Å². The summed E-state index contributed by atoms with van der Waals surface area (Å²) >= 11 is 0. The molecule has 1 aromatic heterocycles. The number of methoxy groups -OCH3 is 1. The number of anilines is 2. The Labute approximate surface area is 124 Å². The number of carbonyl (C=O) groups excluding carboxylic acids is 1. The molecule has 0 aliphatic carbocycles. The van der Waals surface area contributed by atoms with Crippen LogP contribution in [-0.4, -0.2) is 24.1 Å². The Morgan fingerprint density at radius 2 is 2.05 bits per heavy atom. The zero-order valence-electron chi connectivity index (χ0n) is 12.8. The third kappa shape index (κ3) is 3.07. The molecule has 0 spiro atoms. The van der Waals surface area contributed by atoms with E-state index in [1.54, 1.807) is 6.20 Å². The fraction of sp³-hybridized carbons (Fsp3) is 0.375. The van der Waals surface area contributed by atoms with Crippen LogP contribution in [0.1, 0.15) is 19.5 Å². The van der Waals surface area contributed by atoms with Crippen LogP contribution in [0.25, 0.3) is 10.8 Å². The largest absolute Gasteiger partial charge is 0.467 e. The molecule has 5 heteroatoms. The molecule has 2 rings (SSSR count). The molecule has 3 N–H and O–H groups in total. The van der Waals surface area contributed by atoms with Gasteiger partial charge in [-0.25, -0.2) is 4.79 Å². The summed E-state index contributed by atoms with van der Waals surface area (Å²) in [5.74, 6) is -0.172. The van der Waals surface area contributed by atoms with E-state index in [0.29, 0.717) is 5.69 Å². The molecule has 0 saturated carbocycles. The van der Waals surface area contributed by atoms with Crippen molar-refractivity contribution in [2.45, 2.75) is 26.8 Å². The van der Waals surface area contributed by atoms with Gasteiger partial charge in [0.1, 0.15) is 6.04 Å². The second-order valence-electron chi connectivity index (χ2n) is 5.46. The minimum atomic E-state index is -0.407. The Hall–Kier alpha value is -2.30. The summed E-state index contributed by atoms with van der Waals surface area (Å²) in [4.78, 5) is 16.2. The van der Waals surface area contributed by atoms with Crippen LogP contribution in [0.15, 0.2) is 24.4 Å². The topological polar surface area (TPSA) is 77.2 Å². The number of hydrogen-bond acceptors (Lipinski definition) is 5. The quantitative estimate of drug-likeness (QED) is 0.668. The van der Waals surface area contributed by atoms with Gasteiger partial charge >= 0.3 is 5.97 Å². The van der Waals surface area contributed by atoms with Gasteiger partial charge in [-0.2, -0.15) is 0 Å². The molecule has 1 heterocycles. The van der Waals surface area contributed by atoms with Crippen molar-refractivity contribution in [3.8, 4) is 0 Å². The molecule has 21 heavy (non-hydrogen) atoms. The molecular weight excluding hydrogens is 266 g/mol. The van der Waals surface area contributed by atoms with Crippen LogP contribution >= 0.6 is 0 Å². The Morgan fingerprint density at radius 3 is 2.67 bits per heavy atom. The third-order valence-corrected chi connectivity index (χ3v) is 3.50. The Balaban J connectivity index is 2.48. The van der Waals surface area contributed by atoms with Crippen LogP contribution in [0.4, 0.5) is 11.4 Å². The number of nitrogens with zero attached hydrogens (tertiary/aromatic N) is 1. The average Bonchev–Trinajstić information content (AvgIpc) is 2.45. The smallest absolute Gasteiger partial charge is 0.328 e. The minimum Gasteiger partial charge on any atom is -0.467 e. The SMILES string of the molecule is COC(=O)C(Nc1ccc(N)c2cnc(C)cc12)C(C)C. The minimum absolute atomic E-state index is 0.105. The molecule has 0 radical (unpaired) electrons. The standard InChI is InChI=1S/C16H21N3O2/c1-9(2)15(16(20)21-4)19-14-6-5-13(17)12-8-18-10(3)7-11(12)14/h5-9,15,19H,17H2,1-4H3. The van der Waals surface area contributed by atoms with Gasteiger partial charge in [0.25, 0.3) is 0 Å². The maximum absolute atomic E-state index is 11.9. The van der Waals surface area contributed by atoms with E-state index in [1.165, 1.54) is 7.11 Å². The van der Waals surface area contributed by atoms with E-state index >= 15 is 0 Å². The molecule has 0 aliphatic heterocycles. The monoisotopic (exact) mass is 287 g/mol. The zero-order chi connectivity index (χ0) is 15.6. The molecule has 0 amide bonds. The maximum Gasteiger partial charge on any atom is 0.328 e. The Kier molecular flexibility index (Phi) is 4.31.